The zero-order valence-electron chi connectivity index (χ0n) is 8.68. The zero-order valence-corrected chi connectivity index (χ0v) is 10.2. The number of carboxylic acid groups (broad SMARTS) is 1. The summed E-state index contributed by atoms with van der Waals surface area (Å²) < 4.78 is 5.17. The Morgan fingerprint density at radius 3 is 2.82 bits per heavy atom. The van der Waals surface area contributed by atoms with E-state index in [1.165, 1.54) is 6.07 Å². The van der Waals surface area contributed by atoms with Crippen LogP contribution in [0.3, 0.4) is 0 Å². The molecule has 2 rings (SSSR count). The summed E-state index contributed by atoms with van der Waals surface area (Å²) in [6, 6.07) is 4.60. The molecule has 0 unspecified atom stereocenters. The van der Waals surface area contributed by atoms with Gasteiger partial charge in [0.1, 0.15) is 0 Å². The number of aryl methyl sites for hydroxylation is 1. The standard InChI is InChI=1S/C10H7ClN2O3S/c1-5-12-13-10(16-5)17-8-3-2-6(11)4-7(8)9(14)15/h2-4H,1H3,(H,14,15). The van der Waals surface area contributed by atoms with Gasteiger partial charge >= 0.3 is 5.97 Å². The number of rotatable bonds is 3. The fraction of sp³-hybridized carbons (Fsp3) is 0.100. The van der Waals surface area contributed by atoms with E-state index in [0.29, 0.717) is 21.0 Å². The first-order valence-electron chi connectivity index (χ1n) is 4.57. The number of carboxylic acids is 1. The predicted octanol–water partition coefficient (Wildman–Crippen LogP) is 2.88. The van der Waals surface area contributed by atoms with E-state index >= 15 is 0 Å². The monoisotopic (exact) mass is 270 g/mol. The van der Waals surface area contributed by atoms with E-state index in [1.807, 2.05) is 0 Å². The second-order valence-electron chi connectivity index (χ2n) is 3.13. The first-order valence-corrected chi connectivity index (χ1v) is 5.76. The minimum Gasteiger partial charge on any atom is -0.478 e. The van der Waals surface area contributed by atoms with Gasteiger partial charge in [0.2, 0.25) is 5.89 Å². The van der Waals surface area contributed by atoms with Crippen molar-refractivity contribution in [3.8, 4) is 0 Å². The molecule has 2 aromatic rings. The van der Waals surface area contributed by atoms with Crippen LogP contribution in [0.5, 0.6) is 0 Å². The summed E-state index contributed by atoms with van der Waals surface area (Å²) in [7, 11) is 0. The van der Waals surface area contributed by atoms with E-state index in [2.05, 4.69) is 10.2 Å². The molecule has 0 aliphatic rings. The Kier molecular flexibility index (Phi) is 3.35. The molecule has 0 amide bonds. The highest BCUT2D eigenvalue weighted by atomic mass is 35.5. The highest BCUT2D eigenvalue weighted by molar-refractivity contribution is 7.99. The Hall–Kier alpha value is -1.53. The molecule has 1 aromatic heterocycles. The number of aromatic carboxylic acids is 1. The summed E-state index contributed by atoms with van der Waals surface area (Å²) in [6.45, 7) is 1.66. The summed E-state index contributed by atoms with van der Waals surface area (Å²) >= 11 is 6.84. The molecule has 0 aliphatic carbocycles. The average Bonchev–Trinajstić information content (AvgIpc) is 2.66. The molecule has 17 heavy (non-hydrogen) atoms. The van der Waals surface area contributed by atoms with Gasteiger partial charge in [-0.1, -0.05) is 11.6 Å². The van der Waals surface area contributed by atoms with E-state index in [1.54, 1.807) is 19.1 Å². The van der Waals surface area contributed by atoms with Crippen LogP contribution in [0.4, 0.5) is 0 Å². The maximum atomic E-state index is 11.0. The number of benzene rings is 1. The maximum absolute atomic E-state index is 11.0. The third-order valence-corrected chi connectivity index (χ3v) is 3.03. The summed E-state index contributed by atoms with van der Waals surface area (Å²) in [4.78, 5) is 11.5. The Bertz CT molecular complexity index is 570. The normalized spacial score (nSPS) is 10.5. The number of nitrogens with zero attached hydrogens (tertiary/aromatic N) is 2. The van der Waals surface area contributed by atoms with Gasteiger partial charge in [-0.25, -0.2) is 4.79 Å². The van der Waals surface area contributed by atoms with E-state index < -0.39 is 5.97 Å². The highest BCUT2D eigenvalue weighted by Crippen LogP contribution is 2.31. The lowest BCUT2D eigenvalue weighted by Gasteiger charge is -2.02. The van der Waals surface area contributed by atoms with Crippen LogP contribution in [0, 0.1) is 6.92 Å². The quantitative estimate of drug-likeness (QED) is 0.924. The molecule has 0 saturated heterocycles. The topological polar surface area (TPSA) is 76.2 Å². The lowest BCUT2D eigenvalue weighted by atomic mass is 10.2. The van der Waals surface area contributed by atoms with Crippen molar-refractivity contribution in [3.63, 3.8) is 0 Å². The van der Waals surface area contributed by atoms with Gasteiger partial charge in [-0.15, -0.1) is 10.2 Å². The van der Waals surface area contributed by atoms with Crippen LogP contribution in [-0.2, 0) is 0 Å². The van der Waals surface area contributed by atoms with Crippen molar-refractivity contribution < 1.29 is 14.3 Å². The van der Waals surface area contributed by atoms with Gasteiger partial charge in [-0.05, 0) is 30.0 Å². The molecule has 0 radical (unpaired) electrons. The maximum Gasteiger partial charge on any atom is 0.336 e. The molecule has 1 aromatic carbocycles. The minimum absolute atomic E-state index is 0.110. The Morgan fingerprint density at radius 1 is 1.47 bits per heavy atom. The van der Waals surface area contributed by atoms with Crippen LogP contribution >= 0.6 is 23.4 Å². The average molecular weight is 271 g/mol. The summed E-state index contributed by atoms with van der Waals surface area (Å²) in [5.74, 6) is -0.621. The third-order valence-electron chi connectivity index (χ3n) is 1.88. The minimum atomic E-state index is -1.05. The van der Waals surface area contributed by atoms with Crippen molar-refractivity contribution in [2.45, 2.75) is 17.0 Å². The second kappa shape index (κ2) is 4.77. The van der Waals surface area contributed by atoms with Gasteiger partial charge in [-0.2, -0.15) is 0 Å². The molecule has 5 nitrogen and oxygen atoms in total. The van der Waals surface area contributed by atoms with Crippen molar-refractivity contribution >= 4 is 29.3 Å². The smallest absolute Gasteiger partial charge is 0.336 e. The fourth-order valence-corrected chi connectivity index (χ4v) is 2.17. The van der Waals surface area contributed by atoms with Crippen LogP contribution < -0.4 is 0 Å². The van der Waals surface area contributed by atoms with Gasteiger partial charge in [0.15, 0.2) is 0 Å². The molecule has 0 bridgehead atoms. The van der Waals surface area contributed by atoms with Crippen molar-refractivity contribution in [2.75, 3.05) is 0 Å². The third kappa shape index (κ3) is 2.78. The van der Waals surface area contributed by atoms with Gasteiger partial charge in [0.25, 0.3) is 5.22 Å². The Labute approximate surface area is 106 Å². The molecule has 0 spiro atoms. The number of aromatic nitrogens is 2. The van der Waals surface area contributed by atoms with Crippen LogP contribution in [0.15, 0.2) is 32.7 Å². The predicted molar refractivity (Wildman–Crippen MR) is 61.6 cm³/mol. The van der Waals surface area contributed by atoms with Crippen LogP contribution in [0.25, 0.3) is 0 Å². The molecule has 1 N–H and O–H groups in total. The summed E-state index contributed by atoms with van der Waals surface area (Å²) in [5.41, 5.74) is 0.110. The van der Waals surface area contributed by atoms with Crippen LogP contribution in [0.1, 0.15) is 16.2 Å². The lowest BCUT2D eigenvalue weighted by Crippen LogP contribution is -1.98. The molecule has 0 atom stereocenters. The number of halogens is 1. The molecule has 0 saturated carbocycles. The molecule has 0 aliphatic heterocycles. The number of hydrogen-bond donors (Lipinski definition) is 1. The lowest BCUT2D eigenvalue weighted by molar-refractivity contribution is 0.0693. The van der Waals surface area contributed by atoms with Gasteiger partial charge in [0, 0.05) is 16.8 Å². The van der Waals surface area contributed by atoms with Gasteiger partial charge in [0.05, 0.1) is 5.56 Å². The van der Waals surface area contributed by atoms with Crippen molar-refractivity contribution in [1.29, 1.82) is 0 Å². The molecule has 0 fully saturated rings. The number of hydrogen-bond acceptors (Lipinski definition) is 5. The molecule has 7 heteroatoms. The molecular weight excluding hydrogens is 264 g/mol. The number of carbonyl (C=O) groups is 1. The van der Waals surface area contributed by atoms with Crippen LogP contribution in [-0.4, -0.2) is 21.3 Å². The van der Waals surface area contributed by atoms with E-state index in [0.717, 1.165) is 11.8 Å². The summed E-state index contributed by atoms with van der Waals surface area (Å²) in [6.07, 6.45) is 0. The highest BCUT2D eigenvalue weighted by Gasteiger charge is 2.14. The Balaban J connectivity index is 2.35. The van der Waals surface area contributed by atoms with E-state index in [9.17, 15) is 4.79 Å². The molecular formula is C10H7ClN2O3S. The summed E-state index contributed by atoms with van der Waals surface area (Å²) in [5, 5.41) is 17.2. The second-order valence-corrected chi connectivity index (χ2v) is 4.56. The largest absolute Gasteiger partial charge is 0.478 e. The fourth-order valence-electron chi connectivity index (χ4n) is 1.17. The zero-order chi connectivity index (χ0) is 12.4. The van der Waals surface area contributed by atoms with Gasteiger partial charge < -0.3 is 9.52 Å². The van der Waals surface area contributed by atoms with Gasteiger partial charge in [-0.3, -0.25) is 0 Å². The van der Waals surface area contributed by atoms with E-state index in [-0.39, 0.29) is 5.56 Å². The van der Waals surface area contributed by atoms with Crippen molar-refractivity contribution in [3.05, 3.63) is 34.7 Å². The van der Waals surface area contributed by atoms with Crippen molar-refractivity contribution in [2.24, 2.45) is 0 Å². The molecule has 1 heterocycles. The van der Waals surface area contributed by atoms with Crippen LogP contribution in [0.2, 0.25) is 5.02 Å². The first-order chi connectivity index (χ1) is 8.06. The first kappa shape index (κ1) is 11.9. The van der Waals surface area contributed by atoms with E-state index in [4.69, 9.17) is 21.1 Å². The SMILES string of the molecule is Cc1nnc(Sc2ccc(Cl)cc2C(=O)O)o1. The van der Waals surface area contributed by atoms with Crippen molar-refractivity contribution in [1.82, 2.24) is 10.2 Å². The Morgan fingerprint density at radius 2 is 2.24 bits per heavy atom. The molecule has 88 valence electrons.